The Kier molecular flexibility index (Phi) is 6.73. The highest BCUT2D eigenvalue weighted by atomic mass is 16.5. The molecule has 3 fully saturated rings. The standard InChI is InChI=1S/C46H45NO3/c1-29-40(49-3)21-20-37-41(29)44-38(43-42(37)36-19-18-35(48-2)27-39(36)45(43)28-30-12-13-33(45)26-30)22-23-46(50-44,31-10-6-4-7-11-31)32-14-16-34(17-15-32)47-24-8-5-9-25-47/h4,6-7,10-11,14-23,27,30,33H,5,8-9,12-13,24-26,28H2,1-3H3. The summed E-state index contributed by atoms with van der Waals surface area (Å²) >= 11 is 0. The van der Waals surface area contributed by atoms with Crippen LogP contribution < -0.4 is 19.1 Å². The van der Waals surface area contributed by atoms with Crippen molar-refractivity contribution in [3.63, 3.8) is 0 Å². The summed E-state index contributed by atoms with van der Waals surface area (Å²) in [5.74, 6) is 4.17. The van der Waals surface area contributed by atoms with Crippen LogP contribution in [-0.4, -0.2) is 27.3 Å². The van der Waals surface area contributed by atoms with E-state index in [1.165, 1.54) is 83.8 Å². The van der Waals surface area contributed by atoms with Crippen molar-refractivity contribution in [2.24, 2.45) is 11.8 Å². The lowest BCUT2D eigenvalue weighted by molar-refractivity contribution is 0.163. The Morgan fingerprint density at radius 1 is 0.820 bits per heavy atom. The van der Waals surface area contributed by atoms with Crippen molar-refractivity contribution in [3.8, 4) is 28.4 Å². The summed E-state index contributed by atoms with van der Waals surface area (Å²) in [6, 6.07) is 31.3. The van der Waals surface area contributed by atoms with Crippen molar-refractivity contribution >= 4 is 22.5 Å². The largest absolute Gasteiger partial charge is 0.497 e. The predicted octanol–water partition coefficient (Wildman–Crippen LogP) is 10.6. The van der Waals surface area contributed by atoms with Crippen molar-refractivity contribution in [3.05, 3.63) is 124 Å². The Morgan fingerprint density at radius 3 is 2.34 bits per heavy atom. The van der Waals surface area contributed by atoms with Crippen LogP contribution >= 0.6 is 0 Å². The molecule has 10 rings (SSSR count). The van der Waals surface area contributed by atoms with E-state index in [-0.39, 0.29) is 5.41 Å². The first-order chi connectivity index (χ1) is 24.6. The van der Waals surface area contributed by atoms with Gasteiger partial charge in [-0.05, 0) is 127 Å². The fourth-order valence-corrected chi connectivity index (χ4v) is 10.9. The van der Waals surface area contributed by atoms with E-state index >= 15 is 0 Å². The highest BCUT2D eigenvalue weighted by molar-refractivity contribution is 6.10. The fraction of sp³-hybridized carbons (Fsp3) is 0.348. The SMILES string of the molecule is COc1ccc2c(c1)C1(CC3CCC1C3)c1c3c(c4c(C)c(OC)ccc4c1-2)OC(c1ccccc1)(c1ccc(N2CCCCC2)cc1)C=C3. The Hall–Kier alpha value is -4.70. The second-order valence-corrected chi connectivity index (χ2v) is 15.4. The number of piperidine rings is 1. The number of ether oxygens (including phenoxy) is 3. The summed E-state index contributed by atoms with van der Waals surface area (Å²) in [7, 11) is 3.57. The average Bonchev–Trinajstić information content (AvgIpc) is 3.88. The van der Waals surface area contributed by atoms with Crippen LogP contribution in [0.5, 0.6) is 17.2 Å². The number of aryl methyl sites for hydroxylation is 1. The number of nitrogens with zero attached hydrogens (tertiary/aromatic N) is 1. The van der Waals surface area contributed by atoms with Gasteiger partial charge in [0.05, 0.1) is 14.2 Å². The van der Waals surface area contributed by atoms with Gasteiger partial charge in [-0.2, -0.15) is 0 Å². The van der Waals surface area contributed by atoms with E-state index in [9.17, 15) is 0 Å². The molecule has 252 valence electrons. The van der Waals surface area contributed by atoms with Gasteiger partial charge in [0, 0.05) is 51.8 Å². The summed E-state index contributed by atoms with van der Waals surface area (Å²) in [6.07, 6.45) is 13.7. The topological polar surface area (TPSA) is 30.9 Å². The van der Waals surface area contributed by atoms with E-state index < -0.39 is 5.60 Å². The van der Waals surface area contributed by atoms with Gasteiger partial charge in [0.2, 0.25) is 0 Å². The Bertz CT molecular complexity index is 2180. The van der Waals surface area contributed by atoms with Crippen molar-refractivity contribution in [2.45, 2.75) is 62.9 Å². The molecule has 1 saturated heterocycles. The molecule has 4 atom stereocenters. The Labute approximate surface area is 295 Å². The second kappa shape index (κ2) is 11.2. The monoisotopic (exact) mass is 659 g/mol. The lowest BCUT2D eigenvalue weighted by atomic mass is 9.65. The first-order valence-electron chi connectivity index (χ1n) is 18.7. The molecule has 2 heterocycles. The zero-order chi connectivity index (χ0) is 33.6. The normalized spacial score (nSPS) is 25.8. The summed E-state index contributed by atoms with van der Waals surface area (Å²) in [5, 5.41) is 2.40. The molecule has 2 bridgehead atoms. The van der Waals surface area contributed by atoms with Crippen LogP contribution in [-0.2, 0) is 11.0 Å². The fourth-order valence-electron chi connectivity index (χ4n) is 10.9. The van der Waals surface area contributed by atoms with E-state index in [1.807, 2.05) is 0 Å². The van der Waals surface area contributed by atoms with Gasteiger partial charge in [0.25, 0.3) is 0 Å². The summed E-state index contributed by atoms with van der Waals surface area (Å²) in [5.41, 5.74) is 10.7. The van der Waals surface area contributed by atoms with Crippen LogP contribution in [0.1, 0.15) is 78.3 Å². The van der Waals surface area contributed by atoms with E-state index in [2.05, 4.69) is 109 Å². The van der Waals surface area contributed by atoms with Gasteiger partial charge in [-0.3, -0.25) is 0 Å². The third-order valence-corrected chi connectivity index (χ3v) is 13.1. The van der Waals surface area contributed by atoms with E-state index in [0.29, 0.717) is 5.92 Å². The van der Waals surface area contributed by atoms with Crippen molar-refractivity contribution < 1.29 is 14.2 Å². The molecule has 0 aromatic heterocycles. The maximum absolute atomic E-state index is 7.74. The van der Waals surface area contributed by atoms with Gasteiger partial charge >= 0.3 is 0 Å². The van der Waals surface area contributed by atoms with Crippen molar-refractivity contribution in [1.29, 1.82) is 0 Å². The lowest BCUT2D eigenvalue weighted by Gasteiger charge is -2.41. The van der Waals surface area contributed by atoms with Crippen LogP contribution in [0, 0.1) is 18.8 Å². The van der Waals surface area contributed by atoms with Crippen molar-refractivity contribution in [1.82, 2.24) is 0 Å². The molecule has 4 nitrogen and oxygen atoms in total. The van der Waals surface area contributed by atoms with Gasteiger partial charge in [-0.25, -0.2) is 0 Å². The maximum Gasteiger partial charge on any atom is 0.178 e. The minimum Gasteiger partial charge on any atom is -0.497 e. The van der Waals surface area contributed by atoms with E-state index in [4.69, 9.17) is 14.2 Å². The first kappa shape index (κ1) is 30.2. The molecule has 5 aromatic carbocycles. The number of anilines is 1. The van der Waals surface area contributed by atoms with Gasteiger partial charge in [0.15, 0.2) is 5.60 Å². The molecular formula is C46H45NO3. The molecule has 50 heavy (non-hydrogen) atoms. The molecule has 2 saturated carbocycles. The lowest BCUT2D eigenvalue weighted by Crippen LogP contribution is -2.36. The minimum atomic E-state index is -0.790. The highest BCUT2D eigenvalue weighted by Gasteiger charge is 2.59. The number of hydrogen-bond acceptors (Lipinski definition) is 4. The Morgan fingerprint density at radius 2 is 1.62 bits per heavy atom. The third kappa shape index (κ3) is 4.05. The zero-order valence-electron chi connectivity index (χ0n) is 29.4. The first-order valence-corrected chi connectivity index (χ1v) is 18.7. The van der Waals surface area contributed by atoms with E-state index in [0.717, 1.165) is 58.3 Å². The molecule has 0 N–H and O–H groups in total. The smallest absolute Gasteiger partial charge is 0.178 e. The summed E-state index contributed by atoms with van der Waals surface area (Å²) in [4.78, 5) is 2.53. The quantitative estimate of drug-likeness (QED) is 0.188. The van der Waals surface area contributed by atoms with Gasteiger partial charge in [-0.15, -0.1) is 0 Å². The third-order valence-electron chi connectivity index (χ3n) is 13.1. The molecule has 1 spiro atoms. The number of benzene rings is 5. The number of fused-ring (bicyclic) bond motifs is 13. The molecule has 2 aliphatic heterocycles. The number of hydrogen-bond donors (Lipinski definition) is 0. The zero-order valence-corrected chi connectivity index (χ0v) is 29.4. The van der Waals surface area contributed by atoms with Crippen LogP contribution in [0.3, 0.4) is 0 Å². The summed E-state index contributed by atoms with van der Waals surface area (Å²) < 4.78 is 19.6. The minimum absolute atomic E-state index is 0.0508. The molecule has 4 heteroatoms. The average molecular weight is 660 g/mol. The van der Waals surface area contributed by atoms with Gasteiger partial charge < -0.3 is 19.1 Å². The van der Waals surface area contributed by atoms with Crippen molar-refractivity contribution in [2.75, 3.05) is 32.2 Å². The van der Waals surface area contributed by atoms with Gasteiger partial charge in [-0.1, -0.05) is 61.0 Å². The van der Waals surface area contributed by atoms with Crippen LogP contribution in [0.15, 0.2) is 91.0 Å². The molecule has 0 amide bonds. The Balaban J connectivity index is 1.25. The molecule has 3 aliphatic carbocycles. The number of methoxy groups -OCH3 is 2. The number of rotatable bonds is 5. The molecule has 5 aromatic rings. The molecule has 4 unspecified atom stereocenters. The van der Waals surface area contributed by atoms with Crippen LogP contribution in [0.2, 0.25) is 0 Å². The molecule has 5 aliphatic rings. The molecule has 0 radical (unpaired) electrons. The maximum atomic E-state index is 7.74. The van der Waals surface area contributed by atoms with Crippen LogP contribution in [0.25, 0.3) is 28.0 Å². The predicted molar refractivity (Wildman–Crippen MR) is 203 cm³/mol. The molecular weight excluding hydrogens is 615 g/mol. The second-order valence-electron chi connectivity index (χ2n) is 15.4. The van der Waals surface area contributed by atoms with E-state index in [1.54, 1.807) is 14.2 Å². The van der Waals surface area contributed by atoms with Gasteiger partial charge in [0.1, 0.15) is 17.2 Å². The highest BCUT2D eigenvalue weighted by Crippen LogP contribution is 2.69. The van der Waals surface area contributed by atoms with Crippen LogP contribution in [0.4, 0.5) is 5.69 Å². The summed E-state index contributed by atoms with van der Waals surface area (Å²) in [6.45, 7) is 4.45.